The molecule has 1 amide bonds. The molecule has 2 aliphatic carbocycles. The number of nitrogens with zero attached hydrogens (tertiary/aromatic N) is 4. The summed E-state index contributed by atoms with van der Waals surface area (Å²) in [7, 11) is -2.65. The van der Waals surface area contributed by atoms with E-state index < -0.39 is 21.5 Å². The largest absolute Gasteiger partial charge is 0.374 e. The maximum Gasteiger partial charge on any atom is 0.283 e. The summed E-state index contributed by atoms with van der Waals surface area (Å²) in [5, 5.41) is 13.5. The third-order valence-electron chi connectivity index (χ3n) is 7.58. The second kappa shape index (κ2) is 9.31. The number of nitrogens with one attached hydrogen (secondary N) is 1. The molecule has 3 aromatic rings. The second-order valence-electron chi connectivity index (χ2n) is 10.1. The first-order valence-electron chi connectivity index (χ1n) is 12.6. The van der Waals surface area contributed by atoms with Crippen molar-refractivity contribution in [2.24, 2.45) is 0 Å². The number of amides is 1. The van der Waals surface area contributed by atoms with Gasteiger partial charge in [0.2, 0.25) is 5.91 Å². The molecule has 0 bridgehead atoms. The number of aromatic nitrogens is 3. The van der Waals surface area contributed by atoms with Gasteiger partial charge in [-0.25, -0.2) is 9.71 Å². The minimum absolute atomic E-state index is 0.116. The number of aryl methyl sites for hydroxylation is 1. The number of nitriles is 1. The number of sulfonamides is 1. The van der Waals surface area contributed by atoms with Crippen molar-refractivity contribution in [1.82, 2.24) is 19.5 Å². The number of carbonyl (C=O) groups excluding carboxylic acids is 1. The van der Waals surface area contributed by atoms with Gasteiger partial charge in [-0.2, -0.15) is 18.8 Å². The number of fused-ring (bicyclic) bond motifs is 1. The molecule has 0 unspecified atom stereocenters. The topological polar surface area (TPSA) is 136 Å². The van der Waals surface area contributed by atoms with Crippen LogP contribution in [-0.4, -0.2) is 49.4 Å². The van der Waals surface area contributed by atoms with Crippen molar-refractivity contribution < 1.29 is 22.7 Å². The van der Waals surface area contributed by atoms with E-state index in [9.17, 15) is 18.5 Å². The van der Waals surface area contributed by atoms with Crippen molar-refractivity contribution in [2.75, 3.05) is 20.3 Å². The predicted octanol–water partition coefficient (Wildman–Crippen LogP) is 2.56. The maximum absolute atomic E-state index is 13.3. The van der Waals surface area contributed by atoms with Crippen molar-refractivity contribution in [3.05, 3.63) is 64.6 Å². The fourth-order valence-electron chi connectivity index (χ4n) is 5.37. The monoisotopic (exact) mass is 533 g/mol. The molecule has 38 heavy (non-hydrogen) atoms. The number of carbonyl (C=O) groups is 1. The molecule has 1 saturated heterocycles. The lowest BCUT2D eigenvalue weighted by Crippen LogP contribution is -2.49. The van der Waals surface area contributed by atoms with Gasteiger partial charge in [0.1, 0.15) is 11.8 Å². The summed E-state index contributed by atoms with van der Waals surface area (Å²) in [5.41, 5.74) is 4.75. The van der Waals surface area contributed by atoms with Gasteiger partial charge in [0.25, 0.3) is 10.0 Å². The summed E-state index contributed by atoms with van der Waals surface area (Å²) in [6.07, 6.45) is 5.95. The number of benzene rings is 1. The predicted molar refractivity (Wildman–Crippen MR) is 135 cm³/mol. The van der Waals surface area contributed by atoms with Gasteiger partial charge in [-0.1, -0.05) is 12.1 Å². The number of pyridine rings is 1. The molecule has 1 N–H and O–H groups in total. The summed E-state index contributed by atoms with van der Waals surface area (Å²) < 4.78 is 41.6. The first-order valence-corrected chi connectivity index (χ1v) is 14.1. The van der Waals surface area contributed by atoms with E-state index in [-0.39, 0.29) is 23.2 Å². The average molecular weight is 534 g/mol. The molecule has 3 aliphatic rings. The Morgan fingerprint density at radius 1 is 1.26 bits per heavy atom. The van der Waals surface area contributed by atoms with Crippen LogP contribution in [-0.2, 0) is 49.2 Å². The Hall–Kier alpha value is -3.59. The van der Waals surface area contributed by atoms with Gasteiger partial charge in [0.15, 0.2) is 10.6 Å². The lowest BCUT2D eigenvalue weighted by Gasteiger charge is -2.40. The van der Waals surface area contributed by atoms with E-state index in [4.69, 9.17) is 9.47 Å². The lowest BCUT2D eigenvalue weighted by molar-refractivity contribution is -0.206. The molecule has 10 nitrogen and oxygen atoms in total. The molecule has 1 saturated carbocycles. The molecule has 2 aromatic heterocycles. The zero-order valence-corrected chi connectivity index (χ0v) is 21.8. The number of methoxy groups -OCH3 is 1. The fourth-order valence-corrected chi connectivity index (χ4v) is 6.31. The van der Waals surface area contributed by atoms with Crippen LogP contribution in [0.3, 0.4) is 0 Å². The third kappa shape index (κ3) is 4.28. The average Bonchev–Trinajstić information content (AvgIpc) is 3.42. The first-order chi connectivity index (χ1) is 18.3. The highest BCUT2D eigenvalue weighted by molar-refractivity contribution is 7.90. The highest BCUT2D eigenvalue weighted by Gasteiger charge is 2.46. The van der Waals surface area contributed by atoms with Crippen LogP contribution in [0, 0.1) is 11.3 Å². The molecule has 0 atom stereocenters. The molecule has 1 aliphatic heterocycles. The van der Waals surface area contributed by atoms with Crippen molar-refractivity contribution in [2.45, 2.75) is 55.2 Å². The van der Waals surface area contributed by atoms with Gasteiger partial charge < -0.3 is 9.47 Å². The van der Waals surface area contributed by atoms with Crippen LogP contribution in [0.5, 0.6) is 0 Å². The Morgan fingerprint density at radius 2 is 2.08 bits per heavy atom. The lowest BCUT2D eigenvalue weighted by atomic mass is 9.91. The van der Waals surface area contributed by atoms with E-state index in [1.807, 2.05) is 18.2 Å². The van der Waals surface area contributed by atoms with Gasteiger partial charge in [0.05, 0.1) is 31.4 Å². The van der Waals surface area contributed by atoms with Crippen LogP contribution in [0.1, 0.15) is 53.4 Å². The van der Waals surface area contributed by atoms with E-state index in [0.29, 0.717) is 18.9 Å². The molecule has 0 radical (unpaired) electrons. The maximum atomic E-state index is 13.3. The molecule has 0 spiro atoms. The Kier molecular flexibility index (Phi) is 6.06. The number of ether oxygens (including phenoxy) is 2. The molecule has 1 aromatic carbocycles. The Bertz CT molecular complexity index is 1580. The van der Waals surface area contributed by atoms with Crippen LogP contribution in [0.4, 0.5) is 0 Å². The standard InChI is InChI=1S/C27H27N5O5S/c1-36-27(15-37-16-27)24-13-26(30-32(24)20-6-7-20)38(34,35)31-25(33)12-23-21-4-2-3-17(21)5-8-22(23)18-9-10-29-19(11-18)14-28/h5,8-11,13,20H,2-4,6-7,12,15-16H2,1H3,(H,31,33). The summed E-state index contributed by atoms with van der Waals surface area (Å²) in [6.45, 7) is 0.635. The van der Waals surface area contributed by atoms with E-state index in [1.165, 1.54) is 6.07 Å². The Balaban J connectivity index is 1.30. The molecule has 6 rings (SSSR count). The van der Waals surface area contributed by atoms with Crippen molar-refractivity contribution in [3.8, 4) is 17.2 Å². The molecular formula is C27H27N5O5S. The van der Waals surface area contributed by atoms with E-state index in [0.717, 1.165) is 59.9 Å². The smallest absolute Gasteiger partial charge is 0.283 e. The highest BCUT2D eigenvalue weighted by Crippen LogP contribution is 2.42. The highest BCUT2D eigenvalue weighted by atomic mass is 32.2. The number of hydrogen-bond acceptors (Lipinski definition) is 8. The van der Waals surface area contributed by atoms with Crippen molar-refractivity contribution in [1.29, 1.82) is 5.26 Å². The zero-order valence-electron chi connectivity index (χ0n) is 20.9. The van der Waals surface area contributed by atoms with Crippen molar-refractivity contribution in [3.63, 3.8) is 0 Å². The quantitative estimate of drug-likeness (QED) is 0.467. The van der Waals surface area contributed by atoms with Crippen LogP contribution in [0.15, 0.2) is 41.6 Å². The van der Waals surface area contributed by atoms with Gasteiger partial charge in [-0.05, 0) is 72.1 Å². The molecule has 2 fully saturated rings. The number of hydrogen-bond donors (Lipinski definition) is 1. The van der Waals surface area contributed by atoms with Gasteiger partial charge in [-0.3, -0.25) is 9.48 Å². The molecular weight excluding hydrogens is 506 g/mol. The van der Waals surface area contributed by atoms with Crippen LogP contribution in [0.25, 0.3) is 11.1 Å². The van der Waals surface area contributed by atoms with Crippen LogP contribution >= 0.6 is 0 Å². The van der Waals surface area contributed by atoms with E-state index in [1.54, 1.807) is 30.1 Å². The number of rotatable bonds is 8. The Morgan fingerprint density at radius 3 is 2.76 bits per heavy atom. The SMILES string of the molecule is COC1(c2cc(S(=O)(=O)NC(=O)Cc3c(-c4ccnc(C#N)c4)ccc4c3CCC4)nn2C2CC2)COC1. The van der Waals surface area contributed by atoms with Gasteiger partial charge in [-0.15, -0.1) is 0 Å². The summed E-state index contributed by atoms with van der Waals surface area (Å²) >= 11 is 0. The van der Waals surface area contributed by atoms with Gasteiger partial charge >= 0.3 is 0 Å². The zero-order chi connectivity index (χ0) is 26.5. The van der Waals surface area contributed by atoms with Gasteiger partial charge in [0, 0.05) is 19.4 Å². The third-order valence-corrected chi connectivity index (χ3v) is 8.83. The second-order valence-corrected chi connectivity index (χ2v) is 11.7. The minimum Gasteiger partial charge on any atom is -0.374 e. The Labute approximate surface area is 220 Å². The first kappa shape index (κ1) is 24.7. The molecule has 11 heteroatoms. The summed E-state index contributed by atoms with van der Waals surface area (Å²) in [5.74, 6) is -0.642. The minimum atomic E-state index is -4.22. The summed E-state index contributed by atoms with van der Waals surface area (Å²) in [4.78, 5) is 17.3. The van der Waals surface area contributed by atoms with Crippen molar-refractivity contribution >= 4 is 15.9 Å². The van der Waals surface area contributed by atoms with E-state index >= 15 is 0 Å². The molecule has 3 heterocycles. The van der Waals surface area contributed by atoms with Crippen LogP contribution in [0.2, 0.25) is 0 Å². The van der Waals surface area contributed by atoms with E-state index in [2.05, 4.69) is 14.8 Å². The molecule has 196 valence electrons. The summed E-state index contributed by atoms with van der Waals surface area (Å²) in [6, 6.07) is 11.1. The normalized spacial score (nSPS) is 17.9. The van der Waals surface area contributed by atoms with Crippen LogP contribution < -0.4 is 4.72 Å². The fraction of sp³-hybridized carbons (Fsp3) is 0.407.